The van der Waals surface area contributed by atoms with E-state index in [0.29, 0.717) is 12.0 Å². The van der Waals surface area contributed by atoms with Crippen LogP contribution < -0.4 is 5.32 Å². The van der Waals surface area contributed by atoms with Gasteiger partial charge in [0.05, 0.1) is 6.61 Å². The molecular formula is C15H23NO. The van der Waals surface area contributed by atoms with Gasteiger partial charge in [-0.3, -0.25) is 0 Å². The molecule has 2 nitrogen and oxygen atoms in total. The predicted molar refractivity (Wildman–Crippen MR) is 71.3 cm³/mol. The Bertz CT molecular complexity index is 338. The Kier molecular flexibility index (Phi) is 4.19. The molecule has 0 aromatic heterocycles. The SMILES string of the molecule is Cc1ccc(C2(CNCCO)CCCC2)cc1. The molecule has 0 spiro atoms. The van der Waals surface area contributed by atoms with Crippen molar-refractivity contribution >= 4 is 0 Å². The Balaban J connectivity index is 2.12. The van der Waals surface area contributed by atoms with Crippen LogP contribution in [-0.4, -0.2) is 24.8 Å². The van der Waals surface area contributed by atoms with E-state index < -0.39 is 0 Å². The Hall–Kier alpha value is -0.860. The first-order chi connectivity index (χ1) is 8.27. The minimum atomic E-state index is 0.226. The fourth-order valence-electron chi connectivity index (χ4n) is 2.93. The first-order valence-electron chi connectivity index (χ1n) is 6.66. The highest BCUT2D eigenvalue weighted by Crippen LogP contribution is 2.40. The quantitative estimate of drug-likeness (QED) is 0.765. The summed E-state index contributed by atoms with van der Waals surface area (Å²) >= 11 is 0. The summed E-state index contributed by atoms with van der Waals surface area (Å²) in [5.74, 6) is 0. The molecule has 0 aliphatic heterocycles. The van der Waals surface area contributed by atoms with E-state index in [1.54, 1.807) is 0 Å². The Morgan fingerprint density at radius 1 is 1.18 bits per heavy atom. The highest BCUT2D eigenvalue weighted by Gasteiger charge is 2.34. The second kappa shape index (κ2) is 5.65. The second-order valence-corrected chi connectivity index (χ2v) is 5.25. The van der Waals surface area contributed by atoms with Crippen LogP contribution in [0.2, 0.25) is 0 Å². The minimum Gasteiger partial charge on any atom is -0.395 e. The van der Waals surface area contributed by atoms with Crippen LogP contribution in [0.25, 0.3) is 0 Å². The van der Waals surface area contributed by atoms with E-state index in [9.17, 15) is 0 Å². The number of aryl methyl sites for hydroxylation is 1. The van der Waals surface area contributed by atoms with Crippen molar-refractivity contribution in [1.82, 2.24) is 5.32 Å². The van der Waals surface area contributed by atoms with E-state index in [1.807, 2.05) is 0 Å². The minimum absolute atomic E-state index is 0.226. The van der Waals surface area contributed by atoms with Gasteiger partial charge in [-0.05, 0) is 25.3 Å². The summed E-state index contributed by atoms with van der Waals surface area (Å²) in [5.41, 5.74) is 3.10. The van der Waals surface area contributed by atoms with Crippen molar-refractivity contribution in [2.75, 3.05) is 19.7 Å². The maximum absolute atomic E-state index is 8.87. The standard InChI is InChI=1S/C15H23NO/c1-13-4-6-14(7-5-13)15(8-2-3-9-15)12-16-10-11-17/h4-7,16-17H,2-3,8-12H2,1H3. The highest BCUT2D eigenvalue weighted by atomic mass is 16.3. The molecule has 2 N–H and O–H groups in total. The average Bonchev–Trinajstić information content (AvgIpc) is 2.80. The Labute approximate surface area is 104 Å². The lowest BCUT2D eigenvalue weighted by atomic mass is 9.78. The maximum Gasteiger partial charge on any atom is 0.0555 e. The third-order valence-electron chi connectivity index (χ3n) is 3.98. The molecule has 0 saturated heterocycles. The molecule has 2 heteroatoms. The zero-order valence-electron chi connectivity index (χ0n) is 10.7. The lowest BCUT2D eigenvalue weighted by molar-refractivity contribution is 0.282. The van der Waals surface area contributed by atoms with Gasteiger partial charge in [0, 0.05) is 18.5 Å². The fraction of sp³-hybridized carbons (Fsp3) is 0.600. The lowest BCUT2D eigenvalue weighted by Crippen LogP contribution is -2.37. The van der Waals surface area contributed by atoms with Crippen molar-refractivity contribution in [3.05, 3.63) is 35.4 Å². The van der Waals surface area contributed by atoms with Crippen molar-refractivity contribution in [3.63, 3.8) is 0 Å². The monoisotopic (exact) mass is 233 g/mol. The van der Waals surface area contributed by atoms with Crippen molar-refractivity contribution in [1.29, 1.82) is 0 Å². The van der Waals surface area contributed by atoms with E-state index in [4.69, 9.17) is 5.11 Å². The van der Waals surface area contributed by atoms with Crippen molar-refractivity contribution in [3.8, 4) is 0 Å². The van der Waals surface area contributed by atoms with Crippen molar-refractivity contribution < 1.29 is 5.11 Å². The molecule has 1 aromatic carbocycles. The first-order valence-corrected chi connectivity index (χ1v) is 6.66. The molecular weight excluding hydrogens is 210 g/mol. The Morgan fingerprint density at radius 2 is 1.82 bits per heavy atom. The van der Waals surface area contributed by atoms with E-state index in [2.05, 4.69) is 36.5 Å². The first kappa shape index (κ1) is 12.6. The average molecular weight is 233 g/mol. The van der Waals surface area contributed by atoms with Gasteiger partial charge >= 0.3 is 0 Å². The number of rotatable bonds is 5. The second-order valence-electron chi connectivity index (χ2n) is 5.25. The molecule has 0 bridgehead atoms. The molecule has 0 unspecified atom stereocenters. The molecule has 0 radical (unpaired) electrons. The molecule has 1 saturated carbocycles. The van der Waals surface area contributed by atoms with Crippen LogP contribution in [0.1, 0.15) is 36.8 Å². The number of hydrogen-bond acceptors (Lipinski definition) is 2. The molecule has 0 atom stereocenters. The van der Waals surface area contributed by atoms with Gasteiger partial charge in [-0.15, -0.1) is 0 Å². The summed E-state index contributed by atoms with van der Waals surface area (Å²) in [6, 6.07) is 8.98. The lowest BCUT2D eigenvalue weighted by Gasteiger charge is -2.30. The zero-order chi connectivity index (χ0) is 12.1. The van der Waals surface area contributed by atoms with Crippen LogP contribution in [0, 0.1) is 6.92 Å². The van der Waals surface area contributed by atoms with Crippen LogP contribution >= 0.6 is 0 Å². The highest BCUT2D eigenvalue weighted by molar-refractivity contribution is 5.30. The van der Waals surface area contributed by atoms with Gasteiger partial charge in [-0.2, -0.15) is 0 Å². The summed E-state index contributed by atoms with van der Waals surface area (Å²) in [5, 5.41) is 12.2. The van der Waals surface area contributed by atoms with Gasteiger partial charge in [0.25, 0.3) is 0 Å². The van der Waals surface area contributed by atoms with Crippen LogP contribution in [0.5, 0.6) is 0 Å². The van der Waals surface area contributed by atoms with E-state index in [-0.39, 0.29) is 6.61 Å². The van der Waals surface area contributed by atoms with E-state index in [0.717, 1.165) is 6.54 Å². The fourth-order valence-corrected chi connectivity index (χ4v) is 2.93. The van der Waals surface area contributed by atoms with Gasteiger partial charge in [-0.25, -0.2) is 0 Å². The molecule has 1 aliphatic rings. The largest absolute Gasteiger partial charge is 0.395 e. The van der Waals surface area contributed by atoms with Gasteiger partial charge < -0.3 is 10.4 Å². The Morgan fingerprint density at radius 3 is 2.41 bits per heavy atom. The maximum atomic E-state index is 8.87. The summed E-state index contributed by atoms with van der Waals surface area (Å²) in [6.45, 7) is 4.06. The van der Waals surface area contributed by atoms with Crippen molar-refractivity contribution in [2.24, 2.45) is 0 Å². The summed E-state index contributed by atoms with van der Waals surface area (Å²) in [7, 11) is 0. The van der Waals surface area contributed by atoms with E-state index in [1.165, 1.54) is 36.8 Å². The van der Waals surface area contributed by atoms with E-state index >= 15 is 0 Å². The van der Waals surface area contributed by atoms with Crippen LogP contribution in [0.4, 0.5) is 0 Å². The molecule has 17 heavy (non-hydrogen) atoms. The molecule has 1 fully saturated rings. The molecule has 1 aliphatic carbocycles. The zero-order valence-corrected chi connectivity index (χ0v) is 10.7. The van der Waals surface area contributed by atoms with Crippen LogP contribution in [-0.2, 0) is 5.41 Å². The number of benzene rings is 1. The molecule has 2 rings (SSSR count). The normalized spacial score (nSPS) is 18.5. The van der Waals surface area contributed by atoms with Gasteiger partial charge in [0.1, 0.15) is 0 Å². The predicted octanol–water partition coefficient (Wildman–Crippen LogP) is 2.39. The smallest absolute Gasteiger partial charge is 0.0555 e. The molecule has 0 amide bonds. The number of aliphatic hydroxyl groups is 1. The topological polar surface area (TPSA) is 32.3 Å². The third kappa shape index (κ3) is 2.88. The van der Waals surface area contributed by atoms with Crippen LogP contribution in [0.15, 0.2) is 24.3 Å². The number of hydrogen-bond donors (Lipinski definition) is 2. The number of nitrogens with one attached hydrogen (secondary N) is 1. The molecule has 94 valence electrons. The van der Waals surface area contributed by atoms with Gasteiger partial charge in [0.2, 0.25) is 0 Å². The third-order valence-corrected chi connectivity index (χ3v) is 3.98. The summed E-state index contributed by atoms with van der Waals surface area (Å²) in [6.07, 6.45) is 5.20. The summed E-state index contributed by atoms with van der Waals surface area (Å²) in [4.78, 5) is 0. The molecule has 0 heterocycles. The van der Waals surface area contributed by atoms with Crippen molar-refractivity contribution in [2.45, 2.75) is 38.0 Å². The van der Waals surface area contributed by atoms with Gasteiger partial charge in [-0.1, -0.05) is 42.7 Å². The van der Waals surface area contributed by atoms with Crippen LogP contribution in [0.3, 0.4) is 0 Å². The summed E-state index contributed by atoms with van der Waals surface area (Å²) < 4.78 is 0. The number of aliphatic hydroxyl groups excluding tert-OH is 1. The van der Waals surface area contributed by atoms with Gasteiger partial charge in [0.15, 0.2) is 0 Å². The molecule has 1 aromatic rings.